The first-order valence-electron chi connectivity index (χ1n) is 11.8. The number of ether oxygens (including phenoxy) is 1. The van der Waals surface area contributed by atoms with E-state index in [1.165, 1.54) is 6.07 Å². The minimum absolute atomic E-state index is 0.295. The molecule has 0 unspecified atom stereocenters. The number of halogens is 5. The molecule has 1 aromatic heterocycles. The molecule has 0 saturated heterocycles. The molecule has 1 heterocycles. The van der Waals surface area contributed by atoms with E-state index in [0.717, 1.165) is 36.1 Å². The summed E-state index contributed by atoms with van der Waals surface area (Å²) in [6, 6.07) is 12.6. The highest BCUT2D eigenvalue weighted by atomic mass is 19.4. The zero-order valence-electron chi connectivity index (χ0n) is 20.2. The highest BCUT2D eigenvalue weighted by molar-refractivity contribution is 5.87. The SMILES string of the molecule is C/C=C/CCc1cnc(-c2ccc3c(F)c(CCc4ccc(OCC(F)(F)F)c(F)c4)ccc3c2)nc1. The Morgan fingerprint density at radius 2 is 1.65 bits per heavy atom. The summed E-state index contributed by atoms with van der Waals surface area (Å²) in [4.78, 5) is 8.90. The van der Waals surface area contributed by atoms with Crippen molar-refractivity contribution in [1.82, 2.24) is 9.97 Å². The number of nitrogens with zero attached hydrogens (tertiary/aromatic N) is 2. The van der Waals surface area contributed by atoms with Crippen molar-refractivity contribution in [2.75, 3.05) is 6.61 Å². The standard InChI is InChI=1S/C29H25F5N2O/c1-2-3-4-5-20-16-35-28(36-17-20)23-11-12-24-22(15-23)10-9-21(27(24)31)8-6-19-7-13-26(25(30)14-19)37-18-29(32,33)34/h2-3,7,9-17H,4-6,8,18H2,1H3/b3-2+. The van der Waals surface area contributed by atoms with Gasteiger partial charge in [0.25, 0.3) is 0 Å². The number of allylic oxidation sites excluding steroid dienone is 2. The Balaban J connectivity index is 1.44. The van der Waals surface area contributed by atoms with Gasteiger partial charge in [-0.05, 0) is 72.9 Å². The molecule has 0 bridgehead atoms. The van der Waals surface area contributed by atoms with E-state index in [4.69, 9.17) is 0 Å². The molecule has 3 nitrogen and oxygen atoms in total. The number of fused-ring (bicyclic) bond motifs is 1. The quantitative estimate of drug-likeness (QED) is 0.169. The van der Waals surface area contributed by atoms with Crippen molar-refractivity contribution in [2.45, 2.75) is 38.8 Å². The van der Waals surface area contributed by atoms with Gasteiger partial charge in [-0.2, -0.15) is 13.2 Å². The van der Waals surface area contributed by atoms with Gasteiger partial charge in [0.15, 0.2) is 24.0 Å². The van der Waals surface area contributed by atoms with Gasteiger partial charge in [0.2, 0.25) is 0 Å². The summed E-state index contributed by atoms with van der Waals surface area (Å²) >= 11 is 0. The molecule has 0 amide bonds. The maximum atomic E-state index is 15.2. The molecular formula is C29H25F5N2O. The van der Waals surface area contributed by atoms with Crippen molar-refractivity contribution < 1.29 is 26.7 Å². The third-order valence-corrected chi connectivity index (χ3v) is 5.90. The molecule has 4 aromatic rings. The van der Waals surface area contributed by atoms with Crippen LogP contribution in [0.1, 0.15) is 30.0 Å². The van der Waals surface area contributed by atoms with Crippen molar-refractivity contribution in [3.05, 3.63) is 101 Å². The first kappa shape index (κ1) is 26.3. The predicted molar refractivity (Wildman–Crippen MR) is 133 cm³/mol. The van der Waals surface area contributed by atoms with Gasteiger partial charge in [0, 0.05) is 23.3 Å². The molecule has 192 valence electrons. The van der Waals surface area contributed by atoms with Crippen molar-refractivity contribution >= 4 is 10.8 Å². The number of aryl methyl sites for hydroxylation is 3. The molecule has 0 radical (unpaired) electrons. The third kappa shape index (κ3) is 6.90. The second-order valence-corrected chi connectivity index (χ2v) is 8.67. The Kier molecular flexibility index (Phi) is 8.16. The lowest BCUT2D eigenvalue weighted by Gasteiger charge is -2.11. The number of hydrogen-bond donors (Lipinski definition) is 0. The van der Waals surface area contributed by atoms with Crippen LogP contribution >= 0.6 is 0 Å². The normalized spacial score (nSPS) is 11.9. The van der Waals surface area contributed by atoms with Gasteiger partial charge in [0.1, 0.15) is 5.82 Å². The monoisotopic (exact) mass is 512 g/mol. The van der Waals surface area contributed by atoms with Crippen LogP contribution in [0, 0.1) is 11.6 Å². The van der Waals surface area contributed by atoms with E-state index in [2.05, 4.69) is 20.8 Å². The van der Waals surface area contributed by atoms with Gasteiger partial charge < -0.3 is 4.74 Å². The summed E-state index contributed by atoms with van der Waals surface area (Å²) in [5.41, 5.74) is 2.81. The van der Waals surface area contributed by atoms with Crippen molar-refractivity contribution in [2.24, 2.45) is 0 Å². The highest BCUT2D eigenvalue weighted by Crippen LogP contribution is 2.28. The average molecular weight is 513 g/mol. The summed E-state index contributed by atoms with van der Waals surface area (Å²) < 4.78 is 70.7. The maximum absolute atomic E-state index is 15.2. The molecule has 8 heteroatoms. The smallest absolute Gasteiger partial charge is 0.422 e. The van der Waals surface area contributed by atoms with Gasteiger partial charge >= 0.3 is 6.18 Å². The van der Waals surface area contributed by atoms with Crippen molar-refractivity contribution in [3.63, 3.8) is 0 Å². The Labute approximate surface area is 211 Å². The summed E-state index contributed by atoms with van der Waals surface area (Å²) in [6.45, 7) is 0.413. The van der Waals surface area contributed by atoms with Crippen molar-refractivity contribution in [3.8, 4) is 17.1 Å². The van der Waals surface area contributed by atoms with Crippen LogP contribution in [0.3, 0.4) is 0 Å². The topological polar surface area (TPSA) is 35.0 Å². The third-order valence-electron chi connectivity index (χ3n) is 5.90. The first-order chi connectivity index (χ1) is 17.7. The minimum atomic E-state index is -4.55. The summed E-state index contributed by atoms with van der Waals surface area (Å²) in [5.74, 6) is -1.16. The number of rotatable bonds is 9. The van der Waals surface area contributed by atoms with Crippen LogP contribution in [0.2, 0.25) is 0 Å². The van der Waals surface area contributed by atoms with E-state index in [-0.39, 0.29) is 5.82 Å². The van der Waals surface area contributed by atoms with Crippen LogP contribution in [0.15, 0.2) is 73.1 Å². The van der Waals surface area contributed by atoms with Crippen LogP contribution in [-0.4, -0.2) is 22.8 Å². The van der Waals surface area contributed by atoms with E-state index in [1.54, 1.807) is 30.6 Å². The van der Waals surface area contributed by atoms with E-state index in [1.807, 2.05) is 25.1 Å². The number of benzene rings is 3. The van der Waals surface area contributed by atoms with Crippen LogP contribution in [-0.2, 0) is 19.3 Å². The number of aromatic nitrogens is 2. The molecule has 0 saturated carbocycles. The highest BCUT2D eigenvalue weighted by Gasteiger charge is 2.29. The molecule has 0 aliphatic carbocycles. The molecule has 0 fully saturated rings. The summed E-state index contributed by atoms with van der Waals surface area (Å²) in [6.07, 6.45) is 5.54. The van der Waals surface area contributed by atoms with Crippen molar-refractivity contribution in [1.29, 1.82) is 0 Å². The lowest BCUT2D eigenvalue weighted by Crippen LogP contribution is -2.19. The van der Waals surface area contributed by atoms with E-state index >= 15 is 4.39 Å². The fourth-order valence-corrected chi connectivity index (χ4v) is 3.97. The molecular weight excluding hydrogens is 487 g/mol. The zero-order valence-corrected chi connectivity index (χ0v) is 20.2. The fraction of sp³-hybridized carbons (Fsp3) is 0.241. The molecule has 37 heavy (non-hydrogen) atoms. The van der Waals surface area contributed by atoms with Gasteiger partial charge in [-0.25, -0.2) is 18.7 Å². The van der Waals surface area contributed by atoms with Crippen LogP contribution < -0.4 is 4.74 Å². The summed E-state index contributed by atoms with van der Waals surface area (Å²) in [5, 5.41) is 1.16. The Morgan fingerprint density at radius 1 is 0.865 bits per heavy atom. The lowest BCUT2D eigenvalue weighted by atomic mass is 9.99. The first-order valence-corrected chi connectivity index (χ1v) is 11.8. The van der Waals surface area contributed by atoms with Gasteiger partial charge in [0.05, 0.1) is 0 Å². The molecule has 0 aliphatic heterocycles. The van der Waals surface area contributed by atoms with Gasteiger partial charge in [-0.1, -0.05) is 42.5 Å². The van der Waals surface area contributed by atoms with E-state index in [0.29, 0.717) is 40.6 Å². The largest absolute Gasteiger partial charge is 0.481 e. The molecule has 0 aliphatic rings. The zero-order chi connectivity index (χ0) is 26.4. The van der Waals surface area contributed by atoms with Crippen LogP contribution in [0.5, 0.6) is 5.75 Å². The van der Waals surface area contributed by atoms with Crippen LogP contribution in [0.4, 0.5) is 22.0 Å². The Bertz CT molecular complexity index is 1400. The Morgan fingerprint density at radius 3 is 2.35 bits per heavy atom. The van der Waals surface area contributed by atoms with Gasteiger partial charge in [-0.15, -0.1) is 0 Å². The molecule has 0 atom stereocenters. The second-order valence-electron chi connectivity index (χ2n) is 8.67. The average Bonchev–Trinajstić information content (AvgIpc) is 2.87. The van der Waals surface area contributed by atoms with E-state index < -0.39 is 24.3 Å². The predicted octanol–water partition coefficient (Wildman–Crippen LogP) is 7.81. The molecule has 0 spiro atoms. The Hall–Kier alpha value is -3.81. The number of alkyl halides is 3. The van der Waals surface area contributed by atoms with Crippen LogP contribution in [0.25, 0.3) is 22.2 Å². The molecule has 0 N–H and O–H groups in total. The lowest BCUT2D eigenvalue weighted by molar-refractivity contribution is -0.153. The summed E-state index contributed by atoms with van der Waals surface area (Å²) in [7, 11) is 0. The van der Waals surface area contributed by atoms with E-state index in [9.17, 15) is 17.6 Å². The minimum Gasteiger partial charge on any atom is -0.481 e. The number of hydrogen-bond acceptors (Lipinski definition) is 3. The maximum Gasteiger partial charge on any atom is 0.422 e. The van der Waals surface area contributed by atoms with Gasteiger partial charge in [-0.3, -0.25) is 0 Å². The molecule has 4 rings (SSSR count). The fourth-order valence-electron chi connectivity index (χ4n) is 3.97. The molecule has 3 aromatic carbocycles. The second kappa shape index (κ2) is 11.5.